The van der Waals surface area contributed by atoms with Gasteiger partial charge in [-0.15, -0.1) is 12.4 Å². The van der Waals surface area contributed by atoms with Crippen molar-refractivity contribution < 1.29 is 9.53 Å². The van der Waals surface area contributed by atoms with Gasteiger partial charge in [-0.05, 0) is 18.1 Å². The number of halogens is 1. The van der Waals surface area contributed by atoms with Gasteiger partial charge in [0.2, 0.25) is 5.91 Å². The zero-order valence-corrected chi connectivity index (χ0v) is 12.2. The number of hydrogen-bond acceptors (Lipinski definition) is 3. The molecule has 0 aromatic heterocycles. The van der Waals surface area contributed by atoms with Gasteiger partial charge >= 0.3 is 0 Å². The molecule has 1 aliphatic heterocycles. The predicted molar refractivity (Wildman–Crippen MR) is 77.9 cm³/mol. The lowest BCUT2D eigenvalue weighted by atomic mass is 10.0. The lowest BCUT2D eigenvalue weighted by molar-refractivity contribution is -0.135. The highest BCUT2D eigenvalue weighted by Crippen LogP contribution is 2.18. The van der Waals surface area contributed by atoms with Crippen LogP contribution in [0.3, 0.4) is 0 Å². The standard InChI is InChI=1S/C14H20N2O2.ClH/c1-16(14(17)12-9-15-10-12)8-7-11-5-3-4-6-13(11)18-2;/h3-6,12,15H,7-10H2,1-2H3;1H. The fourth-order valence-corrected chi connectivity index (χ4v) is 2.08. The molecule has 1 N–H and O–H groups in total. The zero-order valence-electron chi connectivity index (χ0n) is 11.4. The average molecular weight is 285 g/mol. The summed E-state index contributed by atoms with van der Waals surface area (Å²) in [4.78, 5) is 13.8. The highest BCUT2D eigenvalue weighted by Gasteiger charge is 2.27. The maximum atomic E-state index is 12.0. The number of para-hydroxylation sites is 1. The van der Waals surface area contributed by atoms with E-state index in [1.807, 2.05) is 36.2 Å². The van der Waals surface area contributed by atoms with E-state index < -0.39 is 0 Å². The SMILES string of the molecule is COc1ccccc1CCN(C)C(=O)C1CNC1.Cl. The number of ether oxygens (including phenoxy) is 1. The van der Waals surface area contributed by atoms with Crippen LogP contribution in [-0.2, 0) is 11.2 Å². The van der Waals surface area contributed by atoms with Crippen LogP contribution in [0.1, 0.15) is 5.56 Å². The Bertz CT molecular complexity index is 422. The van der Waals surface area contributed by atoms with Crippen molar-refractivity contribution in [2.24, 2.45) is 5.92 Å². The third-order valence-electron chi connectivity index (χ3n) is 3.42. The minimum atomic E-state index is 0. The number of amides is 1. The van der Waals surface area contributed by atoms with Gasteiger partial charge in [-0.2, -0.15) is 0 Å². The Hall–Kier alpha value is -1.26. The number of carbonyl (C=O) groups excluding carboxylic acids is 1. The van der Waals surface area contributed by atoms with Gasteiger partial charge in [-0.25, -0.2) is 0 Å². The van der Waals surface area contributed by atoms with Gasteiger partial charge in [0.25, 0.3) is 0 Å². The van der Waals surface area contributed by atoms with Gasteiger partial charge in [0.05, 0.1) is 13.0 Å². The summed E-state index contributed by atoms with van der Waals surface area (Å²) in [6.07, 6.45) is 0.826. The summed E-state index contributed by atoms with van der Waals surface area (Å²) in [6, 6.07) is 7.95. The van der Waals surface area contributed by atoms with Crippen molar-refractivity contribution in [3.8, 4) is 5.75 Å². The van der Waals surface area contributed by atoms with Crippen molar-refractivity contribution in [1.29, 1.82) is 0 Å². The van der Waals surface area contributed by atoms with Crippen molar-refractivity contribution >= 4 is 18.3 Å². The molecule has 0 radical (unpaired) electrons. The van der Waals surface area contributed by atoms with E-state index in [-0.39, 0.29) is 24.2 Å². The Balaban J connectivity index is 0.00000180. The van der Waals surface area contributed by atoms with E-state index in [0.29, 0.717) is 0 Å². The van der Waals surface area contributed by atoms with Crippen LogP contribution in [0.5, 0.6) is 5.75 Å². The summed E-state index contributed by atoms with van der Waals surface area (Å²) in [5.41, 5.74) is 1.14. The van der Waals surface area contributed by atoms with Crippen molar-refractivity contribution in [2.75, 3.05) is 33.8 Å². The molecule has 5 heteroatoms. The Kier molecular flexibility index (Phi) is 6.12. The van der Waals surface area contributed by atoms with Gasteiger partial charge in [-0.3, -0.25) is 4.79 Å². The highest BCUT2D eigenvalue weighted by molar-refractivity contribution is 5.85. The smallest absolute Gasteiger partial charge is 0.228 e. The summed E-state index contributed by atoms with van der Waals surface area (Å²) >= 11 is 0. The molecule has 4 nitrogen and oxygen atoms in total. The molecule has 0 saturated carbocycles. The molecule has 0 aliphatic carbocycles. The van der Waals surface area contributed by atoms with E-state index in [2.05, 4.69) is 5.32 Å². The number of nitrogens with zero attached hydrogens (tertiary/aromatic N) is 1. The molecule has 0 bridgehead atoms. The molecule has 106 valence electrons. The Morgan fingerprint density at radius 3 is 2.68 bits per heavy atom. The average Bonchev–Trinajstić information content (AvgIpc) is 2.34. The van der Waals surface area contributed by atoms with Crippen LogP contribution in [-0.4, -0.2) is 44.6 Å². The molecule has 2 rings (SSSR count). The van der Waals surface area contributed by atoms with Crippen LogP contribution in [0.25, 0.3) is 0 Å². The lowest BCUT2D eigenvalue weighted by Gasteiger charge is -2.30. The predicted octanol–water partition coefficient (Wildman–Crippen LogP) is 1.34. The number of likely N-dealkylation sites (N-methyl/N-ethyl adjacent to an activating group) is 1. The first-order valence-electron chi connectivity index (χ1n) is 6.30. The largest absolute Gasteiger partial charge is 0.496 e. The van der Waals surface area contributed by atoms with Crippen LogP contribution in [0.4, 0.5) is 0 Å². The van der Waals surface area contributed by atoms with Gasteiger partial charge < -0.3 is 15.0 Å². The summed E-state index contributed by atoms with van der Waals surface area (Å²) < 4.78 is 5.30. The van der Waals surface area contributed by atoms with Crippen LogP contribution >= 0.6 is 12.4 Å². The van der Waals surface area contributed by atoms with Crippen LogP contribution < -0.4 is 10.1 Å². The monoisotopic (exact) mass is 284 g/mol. The number of carbonyl (C=O) groups is 1. The second kappa shape index (κ2) is 7.36. The topological polar surface area (TPSA) is 41.6 Å². The van der Waals surface area contributed by atoms with Gasteiger partial charge in [-0.1, -0.05) is 18.2 Å². The molecular weight excluding hydrogens is 264 g/mol. The first kappa shape index (κ1) is 15.8. The third-order valence-corrected chi connectivity index (χ3v) is 3.42. The second-order valence-corrected chi connectivity index (χ2v) is 4.68. The van der Waals surface area contributed by atoms with E-state index >= 15 is 0 Å². The van der Waals surface area contributed by atoms with Crippen molar-refractivity contribution in [3.63, 3.8) is 0 Å². The maximum Gasteiger partial charge on any atom is 0.228 e. The van der Waals surface area contributed by atoms with E-state index in [4.69, 9.17) is 4.74 Å². The maximum absolute atomic E-state index is 12.0. The zero-order chi connectivity index (χ0) is 13.0. The Labute approximate surface area is 120 Å². The minimum Gasteiger partial charge on any atom is -0.496 e. The van der Waals surface area contributed by atoms with E-state index in [0.717, 1.165) is 37.4 Å². The van der Waals surface area contributed by atoms with E-state index in [1.54, 1.807) is 7.11 Å². The number of benzene rings is 1. The molecular formula is C14H21ClN2O2. The summed E-state index contributed by atoms with van der Waals surface area (Å²) in [5.74, 6) is 1.31. The Morgan fingerprint density at radius 2 is 2.11 bits per heavy atom. The number of nitrogens with one attached hydrogen (secondary N) is 1. The van der Waals surface area contributed by atoms with E-state index in [1.165, 1.54) is 0 Å². The highest BCUT2D eigenvalue weighted by atomic mass is 35.5. The quantitative estimate of drug-likeness (QED) is 0.887. The molecule has 0 unspecified atom stereocenters. The molecule has 1 heterocycles. The van der Waals surface area contributed by atoms with Crippen LogP contribution in [0, 0.1) is 5.92 Å². The molecule has 19 heavy (non-hydrogen) atoms. The van der Waals surface area contributed by atoms with Gasteiger partial charge in [0.15, 0.2) is 0 Å². The Morgan fingerprint density at radius 1 is 1.42 bits per heavy atom. The van der Waals surface area contributed by atoms with Crippen molar-refractivity contribution in [1.82, 2.24) is 10.2 Å². The van der Waals surface area contributed by atoms with Crippen LogP contribution in [0.15, 0.2) is 24.3 Å². The summed E-state index contributed by atoms with van der Waals surface area (Å²) in [7, 11) is 3.55. The molecule has 1 saturated heterocycles. The fraction of sp³-hybridized carbons (Fsp3) is 0.500. The molecule has 0 spiro atoms. The first-order chi connectivity index (χ1) is 8.72. The molecule has 1 aromatic rings. The van der Waals surface area contributed by atoms with Crippen LogP contribution in [0.2, 0.25) is 0 Å². The third kappa shape index (κ3) is 3.85. The van der Waals surface area contributed by atoms with E-state index in [9.17, 15) is 4.79 Å². The number of hydrogen-bond donors (Lipinski definition) is 1. The van der Waals surface area contributed by atoms with Gasteiger partial charge in [0, 0.05) is 26.7 Å². The fourth-order valence-electron chi connectivity index (χ4n) is 2.08. The number of methoxy groups -OCH3 is 1. The minimum absolute atomic E-state index is 0. The van der Waals surface area contributed by atoms with Crippen molar-refractivity contribution in [2.45, 2.75) is 6.42 Å². The normalized spacial score (nSPS) is 14.2. The van der Waals surface area contributed by atoms with Crippen molar-refractivity contribution in [3.05, 3.63) is 29.8 Å². The lowest BCUT2D eigenvalue weighted by Crippen LogP contribution is -2.51. The summed E-state index contributed by atoms with van der Waals surface area (Å²) in [6.45, 7) is 2.37. The first-order valence-corrected chi connectivity index (χ1v) is 6.30. The number of rotatable bonds is 5. The molecule has 1 aliphatic rings. The molecule has 1 fully saturated rings. The second-order valence-electron chi connectivity index (χ2n) is 4.68. The van der Waals surface area contributed by atoms with Gasteiger partial charge in [0.1, 0.15) is 5.75 Å². The molecule has 1 aromatic carbocycles. The molecule has 0 atom stereocenters. The molecule has 1 amide bonds. The summed E-state index contributed by atoms with van der Waals surface area (Å²) in [5, 5.41) is 3.12.